The van der Waals surface area contributed by atoms with Crippen LogP contribution < -0.4 is 5.56 Å². The minimum absolute atomic E-state index is 0.0168. The van der Waals surface area contributed by atoms with Crippen LogP contribution in [0.1, 0.15) is 49.4 Å². The van der Waals surface area contributed by atoms with Gasteiger partial charge in [-0.3, -0.25) is 14.2 Å². The zero-order valence-corrected chi connectivity index (χ0v) is 20.2. The molecule has 2 heterocycles. The summed E-state index contributed by atoms with van der Waals surface area (Å²) in [6.45, 7) is 3.30. The quantitative estimate of drug-likeness (QED) is 0.119. The Morgan fingerprint density at radius 3 is 2.59 bits per heavy atom. The number of nitriles is 1. The predicted molar refractivity (Wildman–Crippen MR) is 137 cm³/mol. The van der Waals surface area contributed by atoms with Gasteiger partial charge in [0.1, 0.15) is 0 Å². The molecule has 0 atom stereocenters. The standard InChI is InChI=1S/C27H28N4O2S/c1-2-3-4-9-17-31-26(33)21-12-5-7-13-23(21)29-27(31)34-19-25(32)22-18-30(16-10-15-28)24-14-8-6-11-20(22)24/h5-8,11-14,18H,2-4,9-10,16-17,19H2,1H3. The van der Waals surface area contributed by atoms with Crippen LogP contribution >= 0.6 is 11.8 Å². The van der Waals surface area contributed by atoms with Gasteiger partial charge in [-0.15, -0.1) is 0 Å². The number of hydrogen-bond acceptors (Lipinski definition) is 5. The van der Waals surface area contributed by atoms with E-state index < -0.39 is 0 Å². The summed E-state index contributed by atoms with van der Waals surface area (Å²) in [6.07, 6.45) is 6.45. The van der Waals surface area contributed by atoms with Crippen LogP contribution in [0.25, 0.3) is 21.8 Å². The van der Waals surface area contributed by atoms with E-state index >= 15 is 0 Å². The number of aryl methyl sites for hydroxylation is 1. The van der Waals surface area contributed by atoms with Crippen molar-refractivity contribution >= 4 is 39.4 Å². The Hall–Kier alpha value is -3.37. The van der Waals surface area contributed by atoms with Crippen LogP contribution in [0.2, 0.25) is 0 Å². The smallest absolute Gasteiger partial charge is 0.262 e. The Morgan fingerprint density at radius 1 is 1.03 bits per heavy atom. The summed E-state index contributed by atoms with van der Waals surface area (Å²) in [7, 11) is 0. The van der Waals surface area contributed by atoms with Crippen LogP contribution in [0, 0.1) is 11.3 Å². The van der Waals surface area contributed by atoms with E-state index in [4.69, 9.17) is 10.2 Å². The van der Waals surface area contributed by atoms with Gasteiger partial charge in [-0.25, -0.2) is 4.98 Å². The van der Waals surface area contributed by atoms with Gasteiger partial charge in [-0.2, -0.15) is 5.26 Å². The summed E-state index contributed by atoms with van der Waals surface area (Å²) < 4.78 is 3.69. The maximum atomic E-state index is 13.3. The third-order valence-corrected chi connectivity index (χ3v) is 6.92. The highest BCUT2D eigenvalue weighted by Gasteiger charge is 2.18. The molecular formula is C27H28N4O2S. The molecule has 0 aliphatic carbocycles. The number of para-hydroxylation sites is 2. The Labute approximate surface area is 203 Å². The molecule has 4 aromatic rings. The molecule has 4 rings (SSSR count). The average molecular weight is 473 g/mol. The van der Waals surface area contributed by atoms with Crippen molar-refractivity contribution in [1.29, 1.82) is 5.26 Å². The van der Waals surface area contributed by atoms with Gasteiger partial charge in [0, 0.05) is 35.8 Å². The highest BCUT2D eigenvalue weighted by Crippen LogP contribution is 2.25. The number of Topliss-reactive ketones (excluding diaryl/α,β-unsaturated/α-hetero) is 1. The fourth-order valence-electron chi connectivity index (χ4n) is 4.18. The van der Waals surface area contributed by atoms with Crippen molar-refractivity contribution in [2.24, 2.45) is 0 Å². The fourth-order valence-corrected chi connectivity index (χ4v) is 5.09. The third-order valence-electron chi connectivity index (χ3n) is 5.95. The second kappa shape index (κ2) is 11.2. The molecule has 0 saturated carbocycles. The molecule has 0 aliphatic rings. The topological polar surface area (TPSA) is 80.7 Å². The lowest BCUT2D eigenvalue weighted by atomic mass is 10.1. The van der Waals surface area contributed by atoms with Crippen LogP contribution in [0.3, 0.4) is 0 Å². The van der Waals surface area contributed by atoms with Crippen molar-refractivity contribution in [3.05, 3.63) is 70.6 Å². The van der Waals surface area contributed by atoms with E-state index in [1.54, 1.807) is 4.57 Å². The molecule has 34 heavy (non-hydrogen) atoms. The number of hydrogen-bond donors (Lipinski definition) is 0. The maximum Gasteiger partial charge on any atom is 0.262 e. The highest BCUT2D eigenvalue weighted by atomic mass is 32.2. The number of carbonyl (C=O) groups is 1. The summed E-state index contributed by atoms with van der Waals surface area (Å²) >= 11 is 1.32. The molecule has 0 unspecified atom stereocenters. The molecule has 174 valence electrons. The lowest BCUT2D eigenvalue weighted by Crippen LogP contribution is -2.24. The number of aromatic nitrogens is 3. The minimum Gasteiger partial charge on any atom is -0.346 e. The molecule has 0 N–H and O–H groups in total. The molecule has 0 bridgehead atoms. The fraction of sp³-hybridized carbons (Fsp3) is 0.333. The Kier molecular flexibility index (Phi) is 7.81. The molecule has 2 aromatic heterocycles. The van der Waals surface area contributed by atoms with Gasteiger partial charge >= 0.3 is 0 Å². The van der Waals surface area contributed by atoms with Crippen molar-refractivity contribution in [1.82, 2.24) is 14.1 Å². The third kappa shape index (κ3) is 5.07. The van der Waals surface area contributed by atoms with E-state index in [9.17, 15) is 9.59 Å². The number of unbranched alkanes of at least 4 members (excludes halogenated alkanes) is 3. The molecule has 0 spiro atoms. The van der Waals surface area contributed by atoms with Crippen molar-refractivity contribution in [3.8, 4) is 6.07 Å². The first-order valence-electron chi connectivity index (χ1n) is 11.7. The van der Waals surface area contributed by atoms with Crippen LogP contribution in [0.15, 0.2) is 64.7 Å². The molecule has 7 heteroatoms. The first-order valence-corrected chi connectivity index (χ1v) is 12.7. The summed E-state index contributed by atoms with van der Waals surface area (Å²) in [5, 5.41) is 11.0. The molecule has 0 aliphatic heterocycles. The number of ketones is 1. The van der Waals surface area contributed by atoms with Gasteiger partial charge in [-0.1, -0.05) is 68.3 Å². The van der Waals surface area contributed by atoms with Crippen LogP contribution in [-0.4, -0.2) is 25.7 Å². The monoisotopic (exact) mass is 472 g/mol. The van der Waals surface area contributed by atoms with Crippen molar-refractivity contribution in [2.45, 2.75) is 57.3 Å². The van der Waals surface area contributed by atoms with Gasteiger partial charge in [-0.05, 0) is 24.6 Å². The maximum absolute atomic E-state index is 13.3. The number of nitrogens with zero attached hydrogens (tertiary/aromatic N) is 4. The SMILES string of the molecule is CCCCCCn1c(SCC(=O)c2cn(CCC#N)c3ccccc23)nc2ccccc2c1=O. The molecule has 0 amide bonds. The molecule has 6 nitrogen and oxygen atoms in total. The van der Waals surface area contributed by atoms with Crippen LogP contribution in [0.5, 0.6) is 0 Å². The lowest BCUT2D eigenvalue weighted by Gasteiger charge is -2.13. The van der Waals surface area contributed by atoms with Crippen molar-refractivity contribution < 1.29 is 4.79 Å². The van der Waals surface area contributed by atoms with Crippen molar-refractivity contribution in [3.63, 3.8) is 0 Å². The summed E-state index contributed by atoms with van der Waals surface area (Å²) in [4.78, 5) is 31.2. The number of fused-ring (bicyclic) bond motifs is 2. The number of thioether (sulfide) groups is 1. The predicted octanol–water partition coefficient (Wildman–Crippen LogP) is 5.82. The summed E-state index contributed by atoms with van der Waals surface area (Å²) in [6, 6.07) is 17.3. The Balaban J connectivity index is 1.61. The average Bonchev–Trinajstić information content (AvgIpc) is 3.24. The van der Waals surface area contributed by atoms with Crippen molar-refractivity contribution in [2.75, 3.05) is 5.75 Å². The Morgan fingerprint density at radius 2 is 1.79 bits per heavy atom. The van der Waals surface area contributed by atoms with E-state index in [1.807, 2.05) is 59.3 Å². The molecule has 2 aromatic carbocycles. The van der Waals surface area contributed by atoms with Gasteiger partial charge in [0.15, 0.2) is 10.9 Å². The van der Waals surface area contributed by atoms with Crippen LogP contribution in [0.4, 0.5) is 0 Å². The van der Waals surface area contributed by atoms with E-state index in [-0.39, 0.29) is 17.1 Å². The minimum atomic E-state index is -0.0508. The number of rotatable bonds is 11. The first kappa shape index (κ1) is 23.8. The Bertz CT molecular complexity index is 1410. The van der Waals surface area contributed by atoms with E-state index in [0.29, 0.717) is 41.1 Å². The highest BCUT2D eigenvalue weighted by molar-refractivity contribution is 7.99. The van der Waals surface area contributed by atoms with E-state index in [1.165, 1.54) is 11.8 Å². The zero-order chi connectivity index (χ0) is 23.9. The van der Waals surface area contributed by atoms with E-state index in [0.717, 1.165) is 36.6 Å². The van der Waals surface area contributed by atoms with Gasteiger partial charge in [0.25, 0.3) is 5.56 Å². The normalized spacial score (nSPS) is 11.2. The molecule has 0 fully saturated rings. The zero-order valence-electron chi connectivity index (χ0n) is 19.4. The second-order valence-electron chi connectivity index (χ2n) is 8.30. The lowest BCUT2D eigenvalue weighted by molar-refractivity contribution is 0.102. The van der Waals surface area contributed by atoms with Gasteiger partial charge in [0.05, 0.1) is 29.1 Å². The van der Waals surface area contributed by atoms with Gasteiger partial charge in [0.2, 0.25) is 0 Å². The molecule has 0 radical (unpaired) electrons. The van der Waals surface area contributed by atoms with Gasteiger partial charge < -0.3 is 4.57 Å². The number of benzene rings is 2. The second-order valence-corrected chi connectivity index (χ2v) is 9.24. The van der Waals surface area contributed by atoms with Crippen LogP contribution in [-0.2, 0) is 13.1 Å². The number of carbonyl (C=O) groups excluding carboxylic acids is 1. The molecular weight excluding hydrogens is 444 g/mol. The van der Waals surface area contributed by atoms with E-state index in [2.05, 4.69) is 13.0 Å². The summed E-state index contributed by atoms with van der Waals surface area (Å²) in [5.41, 5.74) is 2.19. The molecule has 0 saturated heterocycles. The summed E-state index contributed by atoms with van der Waals surface area (Å²) in [5.74, 6) is 0.170. The largest absolute Gasteiger partial charge is 0.346 e. The first-order chi connectivity index (χ1) is 16.6.